The summed E-state index contributed by atoms with van der Waals surface area (Å²) >= 11 is 0. The number of hydrogen-bond acceptors (Lipinski definition) is 6. The minimum Gasteiger partial charge on any atom is -0.485 e. The number of nitrogens with one attached hydrogen (secondary N) is 2. The second-order valence-electron chi connectivity index (χ2n) is 10.0. The summed E-state index contributed by atoms with van der Waals surface area (Å²) in [5, 5.41) is 19.8. The lowest BCUT2D eigenvalue weighted by Crippen LogP contribution is -2.51. The number of urea groups is 1. The summed E-state index contributed by atoms with van der Waals surface area (Å²) in [6, 6.07) is 5.96. The first-order valence-corrected chi connectivity index (χ1v) is 12.5. The highest BCUT2D eigenvalue weighted by molar-refractivity contribution is 6.06. The van der Waals surface area contributed by atoms with Gasteiger partial charge in [0.05, 0.1) is 36.1 Å². The van der Waals surface area contributed by atoms with Gasteiger partial charge in [0, 0.05) is 32.6 Å². The Kier molecular flexibility index (Phi) is 8.80. The van der Waals surface area contributed by atoms with Gasteiger partial charge in [0.1, 0.15) is 11.8 Å². The molecular weight excluding hydrogens is 476 g/mol. The molecule has 202 valence electrons. The average molecular weight is 515 g/mol. The maximum absolute atomic E-state index is 13.6. The molecule has 0 radical (unpaired) electrons. The minimum absolute atomic E-state index is 0.0256. The van der Waals surface area contributed by atoms with Crippen LogP contribution in [0.5, 0.6) is 5.75 Å². The number of carbonyl (C=O) groups excluding carboxylic acids is 3. The second-order valence-corrected chi connectivity index (χ2v) is 10.0. The van der Waals surface area contributed by atoms with Crippen molar-refractivity contribution >= 4 is 23.5 Å². The van der Waals surface area contributed by atoms with E-state index in [0.29, 0.717) is 23.6 Å². The van der Waals surface area contributed by atoms with Crippen molar-refractivity contribution in [3.8, 4) is 5.75 Å². The summed E-state index contributed by atoms with van der Waals surface area (Å²) in [4.78, 5) is 42.4. The normalized spacial score (nSPS) is 18.4. The van der Waals surface area contributed by atoms with Gasteiger partial charge < -0.3 is 30.3 Å². The lowest BCUT2D eigenvalue weighted by atomic mass is 9.99. The predicted octanol–water partition coefficient (Wildman–Crippen LogP) is 2.25. The number of aliphatic hydroxyl groups is 1. The van der Waals surface area contributed by atoms with E-state index in [1.54, 1.807) is 62.0 Å². The number of benzene rings is 1. The van der Waals surface area contributed by atoms with Crippen LogP contribution in [0.25, 0.3) is 0 Å². The van der Waals surface area contributed by atoms with Gasteiger partial charge in [0.15, 0.2) is 5.75 Å². The number of aromatic nitrogens is 2. The smallest absolute Gasteiger partial charge is 0.317 e. The summed E-state index contributed by atoms with van der Waals surface area (Å²) in [5.74, 6) is -0.665. The number of aryl methyl sites for hydroxylation is 2. The van der Waals surface area contributed by atoms with Crippen molar-refractivity contribution in [2.45, 2.75) is 52.8 Å². The van der Waals surface area contributed by atoms with E-state index in [-0.39, 0.29) is 48.4 Å². The third kappa shape index (κ3) is 6.40. The van der Waals surface area contributed by atoms with Crippen molar-refractivity contribution in [2.24, 2.45) is 13.0 Å². The van der Waals surface area contributed by atoms with E-state index in [0.717, 1.165) is 0 Å². The molecule has 0 aliphatic carbocycles. The molecule has 3 atom stereocenters. The first-order chi connectivity index (χ1) is 17.4. The number of ether oxygens (including phenoxy) is 1. The highest BCUT2D eigenvalue weighted by atomic mass is 16.5. The maximum atomic E-state index is 13.6. The van der Waals surface area contributed by atoms with Gasteiger partial charge in [-0.1, -0.05) is 13.0 Å². The topological polar surface area (TPSA) is 129 Å². The largest absolute Gasteiger partial charge is 0.485 e. The SMILES string of the molecule is Cc1cc(C(=O)Nc2cccc3c2O[C@@H](CN(C)C(=O)NC(C)C)[C@@H](C)CN([C@H](C)CO)C3=O)n(C)n1. The number of rotatable bonds is 7. The molecular formula is C26H38N6O5. The van der Waals surface area contributed by atoms with Gasteiger partial charge in [0.2, 0.25) is 0 Å². The van der Waals surface area contributed by atoms with Crippen LogP contribution in [0.4, 0.5) is 10.5 Å². The summed E-state index contributed by atoms with van der Waals surface area (Å²) in [6.07, 6.45) is -0.500. The number of aliphatic hydroxyl groups excluding tert-OH is 1. The van der Waals surface area contributed by atoms with E-state index >= 15 is 0 Å². The summed E-state index contributed by atoms with van der Waals surface area (Å²) in [6.45, 7) is 9.66. The lowest BCUT2D eigenvalue weighted by molar-refractivity contribution is 0.0368. The number of amides is 4. The Morgan fingerprint density at radius 1 is 1.30 bits per heavy atom. The van der Waals surface area contributed by atoms with E-state index in [1.165, 1.54) is 4.68 Å². The molecule has 3 N–H and O–H groups in total. The Hall–Kier alpha value is -3.60. The second kappa shape index (κ2) is 11.6. The minimum atomic E-state index is -0.500. The molecule has 0 saturated heterocycles. The molecule has 11 heteroatoms. The van der Waals surface area contributed by atoms with Crippen LogP contribution >= 0.6 is 0 Å². The lowest BCUT2D eigenvalue weighted by Gasteiger charge is -2.38. The zero-order valence-electron chi connectivity index (χ0n) is 22.6. The van der Waals surface area contributed by atoms with E-state index in [9.17, 15) is 19.5 Å². The van der Waals surface area contributed by atoms with Crippen LogP contribution in [0, 0.1) is 12.8 Å². The van der Waals surface area contributed by atoms with Crippen LogP contribution in [0.15, 0.2) is 24.3 Å². The Morgan fingerprint density at radius 3 is 2.59 bits per heavy atom. The molecule has 11 nitrogen and oxygen atoms in total. The van der Waals surface area contributed by atoms with Crippen LogP contribution in [0.1, 0.15) is 54.2 Å². The van der Waals surface area contributed by atoms with Gasteiger partial charge in [0.25, 0.3) is 11.8 Å². The van der Waals surface area contributed by atoms with Crippen molar-refractivity contribution in [2.75, 3.05) is 32.1 Å². The number of fused-ring (bicyclic) bond motifs is 1. The van der Waals surface area contributed by atoms with Gasteiger partial charge in [-0.2, -0.15) is 5.10 Å². The fraction of sp³-hybridized carbons (Fsp3) is 0.538. The Morgan fingerprint density at radius 2 is 2.00 bits per heavy atom. The monoisotopic (exact) mass is 514 g/mol. The van der Waals surface area contributed by atoms with E-state index in [1.807, 2.05) is 20.8 Å². The van der Waals surface area contributed by atoms with Crippen LogP contribution in [-0.2, 0) is 7.05 Å². The number of likely N-dealkylation sites (N-methyl/N-ethyl adjacent to an activating group) is 1. The molecule has 1 aromatic carbocycles. The Labute approximate surface area is 217 Å². The molecule has 1 aromatic heterocycles. The fourth-order valence-corrected chi connectivity index (χ4v) is 4.28. The molecule has 0 saturated carbocycles. The maximum Gasteiger partial charge on any atom is 0.317 e. The van der Waals surface area contributed by atoms with Crippen molar-refractivity contribution in [1.29, 1.82) is 0 Å². The molecule has 0 bridgehead atoms. The van der Waals surface area contributed by atoms with Gasteiger partial charge >= 0.3 is 6.03 Å². The van der Waals surface area contributed by atoms with Crippen LogP contribution in [0.3, 0.4) is 0 Å². The number of carbonyl (C=O) groups is 3. The average Bonchev–Trinajstić information content (AvgIpc) is 3.18. The number of hydrogen-bond donors (Lipinski definition) is 3. The fourth-order valence-electron chi connectivity index (χ4n) is 4.28. The number of anilines is 1. The van der Waals surface area contributed by atoms with E-state index < -0.39 is 18.1 Å². The standard InChI is InChI=1S/C26H38N6O5/c1-15(2)27-26(36)30(6)13-22-16(3)12-32(18(5)14-33)25(35)19-9-8-10-20(23(19)37-22)28-24(34)21-11-17(4)29-31(21)7/h8-11,15-16,18,22,33H,12-14H2,1-7H3,(H,27,36)(H,28,34)/t16-,18+,22-/m0/s1. The molecule has 0 spiro atoms. The molecule has 1 aliphatic heterocycles. The number of nitrogens with zero attached hydrogens (tertiary/aromatic N) is 4. The molecule has 37 heavy (non-hydrogen) atoms. The van der Waals surface area contributed by atoms with E-state index in [2.05, 4.69) is 15.7 Å². The van der Waals surface area contributed by atoms with Gasteiger partial charge in [-0.3, -0.25) is 14.3 Å². The summed E-state index contributed by atoms with van der Waals surface area (Å²) in [7, 11) is 3.37. The van der Waals surface area contributed by atoms with Crippen LogP contribution in [0.2, 0.25) is 0 Å². The highest BCUT2D eigenvalue weighted by Gasteiger charge is 2.35. The number of para-hydroxylation sites is 1. The van der Waals surface area contributed by atoms with Gasteiger partial charge in [-0.15, -0.1) is 0 Å². The molecule has 0 unspecified atom stereocenters. The molecule has 1 aliphatic rings. The van der Waals surface area contributed by atoms with Crippen LogP contribution in [-0.4, -0.2) is 87.5 Å². The zero-order valence-corrected chi connectivity index (χ0v) is 22.6. The zero-order chi connectivity index (χ0) is 27.4. The van der Waals surface area contributed by atoms with Crippen molar-refractivity contribution in [3.63, 3.8) is 0 Å². The van der Waals surface area contributed by atoms with Gasteiger partial charge in [-0.05, 0) is 45.9 Å². The molecule has 0 fully saturated rings. The molecule has 3 rings (SSSR count). The first-order valence-electron chi connectivity index (χ1n) is 12.5. The van der Waals surface area contributed by atoms with E-state index in [4.69, 9.17) is 4.74 Å². The third-order valence-electron chi connectivity index (χ3n) is 6.39. The Balaban J connectivity index is 2.02. The van der Waals surface area contributed by atoms with Crippen molar-refractivity contribution < 1.29 is 24.2 Å². The molecule has 2 heterocycles. The summed E-state index contributed by atoms with van der Waals surface area (Å²) < 4.78 is 7.93. The van der Waals surface area contributed by atoms with Crippen molar-refractivity contribution in [3.05, 3.63) is 41.2 Å². The third-order valence-corrected chi connectivity index (χ3v) is 6.39. The van der Waals surface area contributed by atoms with Crippen LogP contribution < -0.4 is 15.4 Å². The highest BCUT2D eigenvalue weighted by Crippen LogP contribution is 2.35. The predicted molar refractivity (Wildman–Crippen MR) is 140 cm³/mol. The molecule has 4 amide bonds. The quantitative estimate of drug-likeness (QED) is 0.520. The Bertz CT molecular complexity index is 1150. The van der Waals surface area contributed by atoms with Gasteiger partial charge in [-0.25, -0.2) is 4.79 Å². The summed E-state index contributed by atoms with van der Waals surface area (Å²) in [5.41, 5.74) is 1.66. The first kappa shape index (κ1) is 28.0. The molecule has 2 aromatic rings. The van der Waals surface area contributed by atoms with Crippen molar-refractivity contribution in [1.82, 2.24) is 24.9 Å².